The van der Waals surface area contributed by atoms with Crippen LogP contribution in [0, 0.1) is 28.6 Å². The highest BCUT2D eigenvalue weighted by Crippen LogP contribution is 2.59. The highest BCUT2D eigenvalue weighted by Gasteiger charge is 2.50. The molecule has 3 aliphatic rings. The number of aliphatic hydroxyl groups is 3. The number of allylic oxidation sites excluding steroid dienone is 4. The van der Waals surface area contributed by atoms with E-state index in [1.54, 1.807) is 13.8 Å². The maximum atomic E-state index is 12.6. The van der Waals surface area contributed by atoms with Gasteiger partial charge in [-0.3, -0.25) is 4.79 Å². The predicted molar refractivity (Wildman–Crippen MR) is 153 cm³/mol. The van der Waals surface area contributed by atoms with Crippen molar-refractivity contribution >= 4 is 5.97 Å². The molecule has 3 aliphatic carbocycles. The van der Waals surface area contributed by atoms with Gasteiger partial charge in [0.05, 0.1) is 30.3 Å². The van der Waals surface area contributed by atoms with E-state index in [1.807, 2.05) is 6.08 Å². The summed E-state index contributed by atoms with van der Waals surface area (Å²) in [4.78, 5) is 12.6. The molecule has 5 heteroatoms. The van der Waals surface area contributed by atoms with Gasteiger partial charge >= 0.3 is 5.97 Å². The van der Waals surface area contributed by atoms with E-state index in [1.165, 1.54) is 12.0 Å². The molecular weight excluding hydrogens is 476 g/mol. The third kappa shape index (κ3) is 6.89. The van der Waals surface area contributed by atoms with Crippen LogP contribution in [0.5, 0.6) is 0 Å². The zero-order chi connectivity index (χ0) is 28.1. The van der Waals surface area contributed by atoms with Crippen LogP contribution < -0.4 is 0 Å². The third-order valence-corrected chi connectivity index (χ3v) is 9.78. The Morgan fingerprint density at radius 2 is 1.95 bits per heavy atom. The van der Waals surface area contributed by atoms with E-state index in [0.717, 1.165) is 56.1 Å². The summed E-state index contributed by atoms with van der Waals surface area (Å²) >= 11 is 0. The van der Waals surface area contributed by atoms with Crippen LogP contribution in [-0.4, -0.2) is 46.2 Å². The minimum Gasteiger partial charge on any atom is -0.465 e. The molecule has 0 spiro atoms. The maximum Gasteiger partial charge on any atom is 0.314 e. The number of fused-ring (bicyclic) bond motifs is 1. The molecule has 3 N–H and O–H groups in total. The molecule has 0 bridgehead atoms. The number of unbranched alkanes of at least 4 members (excludes halogenated alkanes) is 2. The highest BCUT2D eigenvalue weighted by atomic mass is 16.5. The van der Waals surface area contributed by atoms with E-state index in [9.17, 15) is 20.1 Å². The van der Waals surface area contributed by atoms with E-state index in [0.29, 0.717) is 31.3 Å². The van der Waals surface area contributed by atoms with Crippen molar-refractivity contribution in [1.29, 1.82) is 0 Å². The van der Waals surface area contributed by atoms with Crippen LogP contribution in [0.4, 0.5) is 0 Å². The first-order valence-electron chi connectivity index (χ1n) is 14.9. The van der Waals surface area contributed by atoms with Crippen molar-refractivity contribution < 1.29 is 24.9 Å². The molecule has 0 radical (unpaired) electrons. The lowest BCUT2D eigenvalue weighted by Crippen LogP contribution is -2.38. The standard InChI is InChI=1S/C33H52O5/c1-7-8-9-19-38-31(37)32(4,5)30(36)17-12-22(2)27-15-16-28-24(11-10-18-33(27,28)6)13-14-25-20-26(34)21-29(35)23(25)3/h12-14,17,22,26-30,34-36H,3,7-11,15-16,18-21H2,1-2,4-6H3/b17-12+,24-13+,25-14-/t22-,26-,27-,28+,29+,30-,33-/m1/s1. The van der Waals surface area contributed by atoms with E-state index in [2.05, 4.69) is 45.6 Å². The molecule has 0 aromatic heterocycles. The highest BCUT2D eigenvalue weighted by molar-refractivity contribution is 5.77. The summed E-state index contributed by atoms with van der Waals surface area (Å²) < 4.78 is 5.44. The fraction of sp³-hybridized carbons (Fsp3) is 0.727. The van der Waals surface area contributed by atoms with Gasteiger partial charge < -0.3 is 20.1 Å². The van der Waals surface area contributed by atoms with Gasteiger partial charge in [0.1, 0.15) is 0 Å². The fourth-order valence-corrected chi connectivity index (χ4v) is 7.09. The van der Waals surface area contributed by atoms with Crippen LogP contribution in [-0.2, 0) is 9.53 Å². The van der Waals surface area contributed by atoms with Crippen molar-refractivity contribution in [3.8, 4) is 0 Å². The van der Waals surface area contributed by atoms with Gasteiger partial charge in [0.25, 0.3) is 0 Å². The lowest BCUT2D eigenvalue weighted by atomic mass is 9.61. The molecule has 7 atom stereocenters. The topological polar surface area (TPSA) is 87.0 Å². The Morgan fingerprint density at radius 3 is 2.66 bits per heavy atom. The van der Waals surface area contributed by atoms with Crippen molar-refractivity contribution in [2.45, 2.75) is 117 Å². The molecule has 38 heavy (non-hydrogen) atoms. The van der Waals surface area contributed by atoms with Gasteiger partial charge in [-0.1, -0.05) is 70.1 Å². The van der Waals surface area contributed by atoms with Crippen LogP contribution in [0.2, 0.25) is 0 Å². The molecule has 3 fully saturated rings. The molecular formula is C33H52O5. The summed E-state index contributed by atoms with van der Waals surface area (Å²) in [6, 6.07) is 0. The summed E-state index contributed by atoms with van der Waals surface area (Å²) in [7, 11) is 0. The van der Waals surface area contributed by atoms with Crippen LogP contribution >= 0.6 is 0 Å². The van der Waals surface area contributed by atoms with E-state index >= 15 is 0 Å². The summed E-state index contributed by atoms with van der Waals surface area (Å²) in [5.74, 6) is 0.963. The zero-order valence-electron chi connectivity index (χ0n) is 24.4. The number of hydrogen-bond acceptors (Lipinski definition) is 5. The van der Waals surface area contributed by atoms with Crippen LogP contribution in [0.25, 0.3) is 0 Å². The van der Waals surface area contributed by atoms with Crippen molar-refractivity contribution in [2.75, 3.05) is 6.61 Å². The van der Waals surface area contributed by atoms with Gasteiger partial charge in [0.15, 0.2) is 0 Å². The second kappa shape index (κ2) is 13.1. The Morgan fingerprint density at radius 1 is 1.21 bits per heavy atom. The van der Waals surface area contributed by atoms with Crippen molar-refractivity contribution in [1.82, 2.24) is 0 Å². The third-order valence-electron chi connectivity index (χ3n) is 9.78. The first-order valence-corrected chi connectivity index (χ1v) is 14.9. The molecule has 214 valence electrons. The molecule has 3 saturated carbocycles. The minimum atomic E-state index is -0.983. The van der Waals surface area contributed by atoms with Crippen molar-refractivity contribution in [2.24, 2.45) is 28.6 Å². The minimum absolute atomic E-state index is 0.188. The Labute approximate surface area is 230 Å². The lowest BCUT2D eigenvalue weighted by molar-refractivity contribution is -0.158. The zero-order valence-corrected chi connectivity index (χ0v) is 24.4. The van der Waals surface area contributed by atoms with Gasteiger partial charge in [-0.15, -0.1) is 0 Å². The number of carbonyl (C=O) groups excluding carboxylic acids is 1. The monoisotopic (exact) mass is 528 g/mol. The van der Waals surface area contributed by atoms with Gasteiger partial charge in [-0.05, 0) is 93.1 Å². The SMILES string of the molecule is C=C1/C(=C\C=C2/CCC[C@]3(C)[C@@H]([C@H](C)/C=C/[C@@H](O)C(C)(C)C(=O)OCCCCC)CC[C@@H]23)C[C@@H](O)C[C@@H]1O. The number of esters is 1. The largest absolute Gasteiger partial charge is 0.465 e. The molecule has 0 amide bonds. The summed E-state index contributed by atoms with van der Waals surface area (Å²) in [5, 5.41) is 31.2. The fourth-order valence-electron chi connectivity index (χ4n) is 7.09. The molecule has 0 saturated heterocycles. The number of rotatable bonds is 10. The van der Waals surface area contributed by atoms with Crippen LogP contribution in [0.3, 0.4) is 0 Å². The Balaban J connectivity index is 1.67. The van der Waals surface area contributed by atoms with Crippen molar-refractivity contribution in [3.05, 3.63) is 47.6 Å². The molecule has 5 nitrogen and oxygen atoms in total. The quantitative estimate of drug-likeness (QED) is 0.173. The van der Waals surface area contributed by atoms with E-state index in [4.69, 9.17) is 4.74 Å². The summed E-state index contributed by atoms with van der Waals surface area (Å²) in [6.45, 7) is 14.8. The molecule has 0 unspecified atom stereocenters. The Bertz CT molecular complexity index is 928. The normalized spacial score (nSPS) is 34.1. The molecule has 0 aliphatic heterocycles. The molecule has 0 aromatic rings. The Hall–Kier alpha value is -1.69. The smallest absolute Gasteiger partial charge is 0.314 e. The lowest BCUT2D eigenvalue weighted by Gasteiger charge is -2.44. The number of ether oxygens (including phenoxy) is 1. The first kappa shape index (κ1) is 30.8. The van der Waals surface area contributed by atoms with E-state index < -0.39 is 23.7 Å². The van der Waals surface area contributed by atoms with Crippen LogP contribution in [0.1, 0.15) is 98.8 Å². The van der Waals surface area contributed by atoms with Gasteiger partial charge in [0, 0.05) is 6.42 Å². The first-order chi connectivity index (χ1) is 17.9. The average molecular weight is 529 g/mol. The maximum absolute atomic E-state index is 12.6. The van der Waals surface area contributed by atoms with Gasteiger partial charge in [-0.25, -0.2) is 0 Å². The van der Waals surface area contributed by atoms with E-state index in [-0.39, 0.29) is 17.3 Å². The van der Waals surface area contributed by atoms with Gasteiger partial charge in [0.2, 0.25) is 0 Å². The summed E-state index contributed by atoms with van der Waals surface area (Å²) in [6.07, 6.45) is 15.8. The molecule has 0 heterocycles. The average Bonchev–Trinajstić information content (AvgIpc) is 3.23. The number of carbonyl (C=O) groups is 1. The van der Waals surface area contributed by atoms with Crippen LogP contribution in [0.15, 0.2) is 47.6 Å². The number of aliphatic hydroxyl groups excluding tert-OH is 3. The molecule has 0 aromatic carbocycles. The van der Waals surface area contributed by atoms with Gasteiger partial charge in [-0.2, -0.15) is 0 Å². The second-order valence-electron chi connectivity index (χ2n) is 12.9. The number of hydrogen-bond donors (Lipinski definition) is 3. The second-order valence-corrected chi connectivity index (χ2v) is 12.9. The Kier molecular flexibility index (Phi) is 10.6. The predicted octanol–water partition coefficient (Wildman–Crippen LogP) is 6.44. The summed E-state index contributed by atoms with van der Waals surface area (Å²) in [5.41, 5.74) is 2.37. The molecule has 3 rings (SSSR count). The van der Waals surface area contributed by atoms with Crippen molar-refractivity contribution in [3.63, 3.8) is 0 Å².